The zero-order valence-corrected chi connectivity index (χ0v) is 13.7. The van der Waals surface area contributed by atoms with Crippen LogP contribution in [0.3, 0.4) is 0 Å². The average molecular weight is 327 g/mol. The van der Waals surface area contributed by atoms with Crippen LogP contribution in [0.15, 0.2) is 34.2 Å². The smallest absolute Gasteiger partial charge is 0.262 e. The third-order valence-corrected chi connectivity index (χ3v) is 4.59. The van der Waals surface area contributed by atoms with E-state index in [1.54, 1.807) is 4.57 Å². The summed E-state index contributed by atoms with van der Waals surface area (Å²) in [6, 6.07) is 9.65. The van der Waals surface area contributed by atoms with Gasteiger partial charge in [0.2, 0.25) is 5.78 Å². The standard InChI is InChI=1S/C16H17N5OS/c1-2-3-10-20-14(22)12-7-4-5-8-13(12)21-15(20)18-19-16(21)23-11-6-9-17/h4-5,7-8H,2-3,6,10-11H2,1H3. The Morgan fingerprint density at radius 3 is 2.91 bits per heavy atom. The van der Waals surface area contributed by atoms with E-state index in [0.717, 1.165) is 23.5 Å². The number of fused-ring (bicyclic) bond motifs is 3. The summed E-state index contributed by atoms with van der Waals surface area (Å²) < 4.78 is 3.63. The van der Waals surface area contributed by atoms with Crippen molar-refractivity contribution < 1.29 is 0 Å². The predicted octanol–water partition coefficient (Wildman–Crippen LogP) is 2.85. The van der Waals surface area contributed by atoms with Gasteiger partial charge in [-0.1, -0.05) is 37.2 Å². The van der Waals surface area contributed by atoms with Crippen molar-refractivity contribution in [2.45, 2.75) is 37.9 Å². The molecule has 0 amide bonds. The molecule has 0 radical (unpaired) electrons. The van der Waals surface area contributed by atoms with Crippen LogP contribution in [0.2, 0.25) is 0 Å². The molecule has 2 heterocycles. The Kier molecular flexibility index (Phi) is 4.63. The fourth-order valence-electron chi connectivity index (χ4n) is 2.53. The van der Waals surface area contributed by atoms with Gasteiger partial charge in [-0.25, -0.2) is 0 Å². The second kappa shape index (κ2) is 6.84. The minimum Gasteiger partial charge on any atom is -0.276 e. The molecule has 0 aliphatic heterocycles. The topological polar surface area (TPSA) is 76.0 Å². The van der Waals surface area contributed by atoms with Crippen LogP contribution in [0.25, 0.3) is 16.7 Å². The average Bonchev–Trinajstić information content (AvgIpc) is 2.99. The Balaban J connectivity index is 2.24. The van der Waals surface area contributed by atoms with Crippen molar-refractivity contribution in [3.05, 3.63) is 34.6 Å². The van der Waals surface area contributed by atoms with E-state index in [0.29, 0.717) is 29.9 Å². The van der Waals surface area contributed by atoms with Gasteiger partial charge in [0.25, 0.3) is 5.56 Å². The van der Waals surface area contributed by atoms with Crippen molar-refractivity contribution in [2.24, 2.45) is 0 Å². The molecule has 6 nitrogen and oxygen atoms in total. The summed E-state index contributed by atoms with van der Waals surface area (Å²) in [6.45, 7) is 2.72. The molecule has 0 bridgehead atoms. The monoisotopic (exact) mass is 327 g/mol. The summed E-state index contributed by atoms with van der Waals surface area (Å²) >= 11 is 1.49. The van der Waals surface area contributed by atoms with Gasteiger partial charge in [0.15, 0.2) is 5.16 Å². The van der Waals surface area contributed by atoms with Gasteiger partial charge in [0.1, 0.15) is 0 Å². The van der Waals surface area contributed by atoms with Gasteiger partial charge in [0, 0.05) is 18.7 Å². The van der Waals surface area contributed by atoms with E-state index in [1.165, 1.54) is 11.8 Å². The van der Waals surface area contributed by atoms with Gasteiger partial charge in [-0.05, 0) is 18.6 Å². The molecule has 1 aromatic carbocycles. The third kappa shape index (κ3) is 2.82. The lowest BCUT2D eigenvalue weighted by atomic mass is 10.2. The molecule has 0 aliphatic carbocycles. The lowest BCUT2D eigenvalue weighted by molar-refractivity contribution is 0.620. The highest BCUT2D eigenvalue weighted by Crippen LogP contribution is 2.22. The first-order chi connectivity index (χ1) is 11.3. The van der Waals surface area contributed by atoms with Crippen LogP contribution in [0.4, 0.5) is 0 Å². The molecule has 0 aliphatic rings. The summed E-state index contributed by atoms with van der Waals surface area (Å²) in [4.78, 5) is 12.7. The third-order valence-electron chi connectivity index (χ3n) is 3.66. The van der Waals surface area contributed by atoms with E-state index < -0.39 is 0 Å². The number of benzene rings is 1. The van der Waals surface area contributed by atoms with Gasteiger partial charge in [-0.15, -0.1) is 10.2 Å². The molecule has 7 heteroatoms. The molecule has 23 heavy (non-hydrogen) atoms. The number of hydrogen-bond donors (Lipinski definition) is 0. The second-order valence-corrected chi connectivity index (χ2v) is 6.26. The molecular formula is C16H17N5OS. The van der Waals surface area contributed by atoms with Gasteiger partial charge >= 0.3 is 0 Å². The number of nitriles is 1. The van der Waals surface area contributed by atoms with E-state index in [2.05, 4.69) is 23.2 Å². The zero-order chi connectivity index (χ0) is 16.2. The maximum Gasteiger partial charge on any atom is 0.262 e. The molecule has 0 saturated heterocycles. The number of nitrogens with zero attached hydrogens (tertiary/aromatic N) is 5. The minimum atomic E-state index is -0.0254. The number of rotatable bonds is 6. The first-order valence-electron chi connectivity index (χ1n) is 7.64. The highest BCUT2D eigenvalue weighted by Gasteiger charge is 2.16. The van der Waals surface area contributed by atoms with Crippen LogP contribution in [-0.4, -0.2) is 24.9 Å². The van der Waals surface area contributed by atoms with E-state index in [4.69, 9.17) is 5.26 Å². The quantitative estimate of drug-likeness (QED) is 0.514. The Morgan fingerprint density at radius 1 is 1.30 bits per heavy atom. The van der Waals surface area contributed by atoms with E-state index in [9.17, 15) is 4.79 Å². The molecule has 0 saturated carbocycles. The van der Waals surface area contributed by atoms with E-state index in [1.807, 2.05) is 28.7 Å². The van der Waals surface area contributed by atoms with Gasteiger partial charge in [-0.2, -0.15) is 5.26 Å². The Bertz CT molecular complexity index is 937. The maximum atomic E-state index is 12.7. The van der Waals surface area contributed by atoms with Crippen LogP contribution >= 0.6 is 11.8 Å². The number of unbranched alkanes of at least 4 members (excludes halogenated alkanes) is 1. The molecule has 3 rings (SSSR count). The summed E-state index contributed by atoms with van der Waals surface area (Å²) in [7, 11) is 0. The van der Waals surface area contributed by atoms with Crippen molar-refractivity contribution in [2.75, 3.05) is 5.75 Å². The summed E-state index contributed by atoms with van der Waals surface area (Å²) in [5.41, 5.74) is 0.784. The van der Waals surface area contributed by atoms with Crippen LogP contribution in [0.1, 0.15) is 26.2 Å². The van der Waals surface area contributed by atoms with Crippen LogP contribution in [0.5, 0.6) is 0 Å². The number of hydrogen-bond acceptors (Lipinski definition) is 5. The van der Waals surface area contributed by atoms with Crippen molar-refractivity contribution in [3.8, 4) is 6.07 Å². The van der Waals surface area contributed by atoms with Crippen molar-refractivity contribution in [3.63, 3.8) is 0 Å². The molecule has 3 aromatic rings. The highest BCUT2D eigenvalue weighted by molar-refractivity contribution is 7.99. The lowest BCUT2D eigenvalue weighted by Gasteiger charge is -2.10. The number of thioether (sulfide) groups is 1. The SMILES string of the molecule is CCCCn1c(=O)c2ccccc2n2c(SCCC#N)nnc12. The highest BCUT2D eigenvalue weighted by atomic mass is 32.2. The molecule has 2 aromatic heterocycles. The fourth-order valence-corrected chi connectivity index (χ4v) is 3.32. The maximum absolute atomic E-state index is 12.7. The Hall–Kier alpha value is -2.33. The first kappa shape index (κ1) is 15.6. The number of aromatic nitrogens is 4. The van der Waals surface area contributed by atoms with Crippen LogP contribution in [-0.2, 0) is 6.54 Å². The number of aryl methyl sites for hydroxylation is 1. The van der Waals surface area contributed by atoms with Crippen molar-refractivity contribution in [1.82, 2.24) is 19.2 Å². The molecule has 0 spiro atoms. The first-order valence-corrected chi connectivity index (χ1v) is 8.63. The molecular weight excluding hydrogens is 310 g/mol. The largest absolute Gasteiger partial charge is 0.276 e. The summed E-state index contributed by atoms with van der Waals surface area (Å²) in [5, 5.41) is 18.6. The second-order valence-electron chi connectivity index (χ2n) is 5.20. The Labute approximate surface area is 137 Å². The molecule has 0 unspecified atom stereocenters. The Morgan fingerprint density at radius 2 is 2.13 bits per heavy atom. The van der Waals surface area contributed by atoms with Crippen LogP contribution < -0.4 is 5.56 Å². The zero-order valence-electron chi connectivity index (χ0n) is 12.9. The molecule has 0 atom stereocenters. The normalized spacial score (nSPS) is 11.1. The van der Waals surface area contributed by atoms with Crippen molar-refractivity contribution >= 4 is 28.4 Å². The minimum absolute atomic E-state index is 0.0254. The molecule has 118 valence electrons. The fraction of sp³-hybridized carbons (Fsp3) is 0.375. The van der Waals surface area contributed by atoms with E-state index in [-0.39, 0.29) is 5.56 Å². The molecule has 0 N–H and O–H groups in total. The number of para-hydroxylation sites is 1. The summed E-state index contributed by atoms with van der Waals surface area (Å²) in [6.07, 6.45) is 2.37. The predicted molar refractivity (Wildman–Crippen MR) is 90.6 cm³/mol. The van der Waals surface area contributed by atoms with Gasteiger partial charge in [-0.3, -0.25) is 13.8 Å². The van der Waals surface area contributed by atoms with Gasteiger partial charge < -0.3 is 0 Å². The van der Waals surface area contributed by atoms with E-state index >= 15 is 0 Å². The summed E-state index contributed by atoms with van der Waals surface area (Å²) in [5.74, 6) is 1.22. The lowest BCUT2D eigenvalue weighted by Crippen LogP contribution is -2.23. The van der Waals surface area contributed by atoms with Gasteiger partial charge in [0.05, 0.1) is 17.0 Å². The van der Waals surface area contributed by atoms with Crippen LogP contribution in [0, 0.1) is 11.3 Å². The van der Waals surface area contributed by atoms with Crippen molar-refractivity contribution in [1.29, 1.82) is 5.26 Å². The molecule has 0 fully saturated rings.